The average Bonchev–Trinajstić information content (AvgIpc) is 3.85. The molecule has 294 valence electrons. The van der Waals surface area contributed by atoms with Gasteiger partial charge in [0.25, 0.3) is 0 Å². The molecule has 53 heavy (non-hydrogen) atoms. The molecule has 13 nitrogen and oxygen atoms in total. The van der Waals surface area contributed by atoms with Crippen LogP contribution in [0.1, 0.15) is 120 Å². The highest BCUT2D eigenvalue weighted by atomic mass is 31.2. The van der Waals surface area contributed by atoms with Crippen molar-refractivity contribution in [2.75, 3.05) is 39.3 Å². The predicted octanol–water partition coefficient (Wildman–Crippen LogP) is 7.85. The number of nitrogen functional groups attached to an aromatic ring is 1. The first kappa shape index (κ1) is 45.9. The summed E-state index contributed by atoms with van der Waals surface area (Å²) in [7, 11) is -1.20. The summed E-state index contributed by atoms with van der Waals surface area (Å²) in [4.78, 5) is 14.5. The Bertz CT molecular complexity index is 1480. The fourth-order valence-corrected chi connectivity index (χ4v) is 6.60. The monoisotopic (exact) mass is 760 g/mol. The second-order valence-corrected chi connectivity index (χ2v) is 13.7. The molecule has 0 saturated carbocycles. The molecular formula is C38H58FN6O7P. The Labute approximate surface area is 315 Å². The first-order valence-corrected chi connectivity index (χ1v) is 19.7. The summed E-state index contributed by atoms with van der Waals surface area (Å²) < 4.78 is 45.5. The number of rotatable bonds is 25. The number of aromatic nitrogens is 3. The van der Waals surface area contributed by atoms with Crippen LogP contribution in [-0.2, 0) is 29.9 Å². The highest BCUT2D eigenvalue weighted by Crippen LogP contribution is 2.38. The topological polar surface area (TPSA) is 190 Å². The summed E-state index contributed by atoms with van der Waals surface area (Å²) >= 11 is 0. The summed E-state index contributed by atoms with van der Waals surface area (Å²) in [6, 6.07) is 10.0. The molecule has 1 aliphatic heterocycles. The van der Waals surface area contributed by atoms with Gasteiger partial charge in [0.05, 0.1) is 49.9 Å². The molecule has 0 aliphatic carbocycles. The molecule has 0 spiro atoms. The lowest BCUT2D eigenvalue weighted by Crippen LogP contribution is -2.26. The summed E-state index contributed by atoms with van der Waals surface area (Å²) in [5.74, 6) is -0.107. The molecule has 1 saturated heterocycles. The lowest BCUT2D eigenvalue weighted by molar-refractivity contribution is -0.0499. The molecule has 4 rings (SSSR count). The Morgan fingerprint density at radius 1 is 1.00 bits per heavy atom. The van der Waals surface area contributed by atoms with E-state index in [1.54, 1.807) is 10.6 Å². The van der Waals surface area contributed by atoms with E-state index in [9.17, 15) is 9.28 Å². The number of hydrogen-bond acceptors (Lipinski definition) is 12. The van der Waals surface area contributed by atoms with Crippen molar-refractivity contribution in [1.29, 1.82) is 10.5 Å². The van der Waals surface area contributed by atoms with Crippen LogP contribution in [0.4, 0.5) is 10.2 Å². The Morgan fingerprint density at radius 2 is 1.68 bits per heavy atom. The van der Waals surface area contributed by atoms with Gasteiger partial charge in [-0.05, 0) is 43.5 Å². The Morgan fingerprint density at radius 3 is 2.34 bits per heavy atom. The van der Waals surface area contributed by atoms with E-state index >= 15 is 0 Å². The van der Waals surface area contributed by atoms with E-state index in [0.717, 1.165) is 44.0 Å². The molecular weight excluding hydrogens is 702 g/mol. The number of nitrogens with zero attached hydrogens (tertiary/aromatic N) is 5. The summed E-state index contributed by atoms with van der Waals surface area (Å²) in [6.07, 6.45) is 17.2. The standard InChI is InChI=1S/C36H53FN5O6P.CHN.CH4O/c1-2-3-4-5-6-7-8-9-10-11-12-13-20-44-24-31(45-23-29-15-14-28(22-38)21-32(29)37)26-47-49(43)46-25-30-16-19-35(48-30)33-17-18-34-36(39)40-27-41-42(33)34;2*1-2/h14-15,17-18,21,27,30-31,35,43H,2-13,16,19-20,23-26H2,1H3,(H2,39,40,41);1H;2H,1H3. The molecule has 1 aliphatic rings. The maximum atomic E-state index is 14.5. The molecule has 1 aromatic carbocycles. The zero-order valence-corrected chi connectivity index (χ0v) is 32.2. The molecule has 4 unspecified atom stereocenters. The quantitative estimate of drug-likeness (QED) is 0.0561. The van der Waals surface area contributed by atoms with Gasteiger partial charge in [-0.3, -0.25) is 0 Å². The molecule has 15 heteroatoms. The Hall–Kier alpha value is -3.30. The fourth-order valence-electron chi connectivity index (χ4n) is 5.94. The third kappa shape index (κ3) is 17.1. The fraction of sp³-hybridized carbons (Fsp3) is 0.632. The first-order valence-electron chi connectivity index (χ1n) is 18.5. The van der Waals surface area contributed by atoms with Gasteiger partial charge in [0.2, 0.25) is 0 Å². The molecule has 1 fully saturated rings. The molecule has 0 amide bonds. The van der Waals surface area contributed by atoms with Crippen LogP contribution in [0.15, 0.2) is 36.7 Å². The number of nitrogens with two attached hydrogens (primary N) is 1. The highest BCUT2D eigenvalue weighted by molar-refractivity contribution is 7.40. The minimum absolute atomic E-state index is 0.00394. The van der Waals surface area contributed by atoms with Crippen molar-refractivity contribution in [2.24, 2.45) is 0 Å². The maximum Gasteiger partial charge on any atom is 0.330 e. The van der Waals surface area contributed by atoms with Crippen LogP contribution in [0.2, 0.25) is 0 Å². The Kier molecular flexibility index (Phi) is 24.4. The van der Waals surface area contributed by atoms with Gasteiger partial charge >= 0.3 is 8.60 Å². The SMILES string of the molecule is C#N.CCCCCCCCCCCCCCOCC(COP(O)OCC1CCC(c2ccc3c(N)ncnn23)O1)OCc1ccc(C#N)cc1F.CO. The number of benzene rings is 1. The van der Waals surface area contributed by atoms with Crippen LogP contribution in [0.5, 0.6) is 0 Å². The minimum atomic E-state index is -2.20. The Balaban J connectivity index is 0.00000235. The number of fused-ring (bicyclic) bond motifs is 1. The number of anilines is 1. The van der Waals surface area contributed by atoms with Gasteiger partial charge in [0.15, 0.2) is 5.82 Å². The van der Waals surface area contributed by atoms with Crippen LogP contribution in [0.3, 0.4) is 0 Å². The lowest BCUT2D eigenvalue weighted by Gasteiger charge is -2.21. The number of nitriles is 2. The second-order valence-electron chi connectivity index (χ2n) is 12.7. The van der Waals surface area contributed by atoms with Crippen LogP contribution in [0.25, 0.3) is 5.52 Å². The second kappa shape index (κ2) is 28.2. The third-order valence-corrected chi connectivity index (χ3v) is 9.53. The van der Waals surface area contributed by atoms with E-state index in [-0.39, 0.29) is 44.2 Å². The molecule has 3 aromatic rings. The number of halogens is 1. The number of aliphatic hydroxyl groups is 1. The number of unbranched alkanes of at least 4 members (excludes halogenated alkanes) is 11. The molecule has 3 heterocycles. The molecule has 4 atom stereocenters. The number of aliphatic hydroxyl groups excluding tert-OH is 1. The maximum absolute atomic E-state index is 14.5. The van der Waals surface area contributed by atoms with E-state index in [2.05, 4.69) is 23.6 Å². The van der Waals surface area contributed by atoms with Crippen molar-refractivity contribution in [2.45, 2.75) is 122 Å². The van der Waals surface area contributed by atoms with Crippen molar-refractivity contribution < 1.29 is 37.6 Å². The molecule has 4 N–H and O–H groups in total. The summed E-state index contributed by atoms with van der Waals surface area (Å²) in [5.41, 5.74) is 8.14. The van der Waals surface area contributed by atoms with Gasteiger partial charge in [0.1, 0.15) is 29.9 Å². The van der Waals surface area contributed by atoms with Crippen molar-refractivity contribution in [1.82, 2.24) is 14.6 Å². The zero-order valence-electron chi connectivity index (χ0n) is 31.3. The van der Waals surface area contributed by atoms with E-state index in [1.807, 2.05) is 18.2 Å². The van der Waals surface area contributed by atoms with Crippen molar-refractivity contribution in [3.05, 3.63) is 59.3 Å². The predicted molar refractivity (Wildman–Crippen MR) is 202 cm³/mol. The van der Waals surface area contributed by atoms with Gasteiger partial charge in [-0.25, -0.2) is 19.2 Å². The zero-order chi connectivity index (χ0) is 38.7. The largest absolute Gasteiger partial charge is 0.400 e. The van der Waals surface area contributed by atoms with Gasteiger partial charge < -0.3 is 39.0 Å². The smallest absolute Gasteiger partial charge is 0.330 e. The van der Waals surface area contributed by atoms with Gasteiger partial charge in [-0.2, -0.15) is 10.4 Å². The molecule has 0 radical (unpaired) electrons. The number of hydrogen-bond donors (Lipinski definition) is 3. The summed E-state index contributed by atoms with van der Waals surface area (Å²) in [5, 5.41) is 26.8. The van der Waals surface area contributed by atoms with Crippen molar-refractivity contribution in [3.8, 4) is 12.6 Å². The van der Waals surface area contributed by atoms with Gasteiger partial charge in [0, 0.05) is 25.9 Å². The average molecular weight is 761 g/mol. The van der Waals surface area contributed by atoms with E-state index < -0.39 is 20.5 Å². The van der Waals surface area contributed by atoms with Crippen LogP contribution >= 0.6 is 8.60 Å². The van der Waals surface area contributed by atoms with Crippen LogP contribution in [-0.4, -0.2) is 70.3 Å². The number of ether oxygens (including phenoxy) is 3. The normalized spacial score (nSPS) is 16.3. The van der Waals surface area contributed by atoms with Gasteiger partial charge in [-0.15, -0.1) is 0 Å². The van der Waals surface area contributed by atoms with Crippen LogP contribution in [0, 0.1) is 29.0 Å². The molecule has 0 bridgehead atoms. The highest BCUT2D eigenvalue weighted by Gasteiger charge is 2.30. The van der Waals surface area contributed by atoms with E-state index in [4.69, 9.17) is 44.6 Å². The first-order chi connectivity index (χ1) is 26.0. The third-order valence-electron chi connectivity index (χ3n) is 8.79. The van der Waals surface area contributed by atoms with Crippen LogP contribution < -0.4 is 5.73 Å². The van der Waals surface area contributed by atoms with Gasteiger partial charge in [-0.1, -0.05) is 83.6 Å². The lowest BCUT2D eigenvalue weighted by atomic mass is 10.1. The van der Waals surface area contributed by atoms with Crippen molar-refractivity contribution >= 4 is 19.9 Å². The van der Waals surface area contributed by atoms with E-state index in [0.29, 0.717) is 18.0 Å². The van der Waals surface area contributed by atoms with E-state index in [1.165, 1.54) is 82.7 Å². The summed E-state index contributed by atoms with van der Waals surface area (Å²) in [6.45, 7) is 6.70. The minimum Gasteiger partial charge on any atom is -0.400 e. The molecule has 2 aromatic heterocycles. The van der Waals surface area contributed by atoms with Crippen molar-refractivity contribution in [3.63, 3.8) is 0 Å².